The van der Waals surface area contributed by atoms with Crippen LogP contribution in [0.4, 0.5) is 5.13 Å². The molecule has 0 fully saturated rings. The van der Waals surface area contributed by atoms with E-state index in [9.17, 15) is 4.79 Å². The quantitative estimate of drug-likeness (QED) is 0.478. The molecule has 29 heavy (non-hydrogen) atoms. The highest BCUT2D eigenvalue weighted by Crippen LogP contribution is 2.34. The molecular formula is C21H22N4O2S2. The molecule has 8 heteroatoms. The van der Waals surface area contributed by atoms with Crippen molar-refractivity contribution in [3.05, 3.63) is 52.7 Å². The Morgan fingerprint density at radius 3 is 2.97 bits per heavy atom. The molecule has 6 nitrogen and oxygen atoms in total. The number of hydrogen-bond donors (Lipinski definition) is 1. The van der Waals surface area contributed by atoms with Crippen molar-refractivity contribution in [2.24, 2.45) is 0 Å². The maximum atomic E-state index is 12.3. The molecule has 0 saturated heterocycles. The molecule has 3 heterocycles. The molecule has 1 N–H and O–H groups in total. The average Bonchev–Trinajstić information content (AvgIpc) is 3.17. The standard InChI is InChI=1S/C21H22N4O2S2/c1-13-5-4-6-14(9-13)18-23-16-10-21(2,3)27-11-15(16)19(25-18)29-12-17(26)24-20-22-7-8-28-20/h4-9H,10-12H2,1-3H3,(H,22,24,26). The number of nitrogens with one attached hydrogen (secondary N) is 1. The average molecular weight is 427 g/mol. The van der Waals surface area contributed by atoms with Crippen molar-refractivity contribution in [3.63, 3.8) is 0 Å². The second-order valence-corrected chi connectivity index (χ2v) is 9.40. The van der Waals surface area contributed by atoms with Gasteiger partial charge in [0.1, 0.15) is 5.03 Å². The summed E-state index contributed by atoms with van der Waals surface area (Å²) in [4.78, 5) is 26.1. The number of hydrogen-bond acceptors (Lipinski definition) is 7. The zero-order chi connectivity index (χ0) is 20.4. The van der Waals surface area contributed by atoms with Crippen LogP contribution in [0.5, 0.6) is 0 Å². The van der Waals surface area contributed by atoms with Gasteiger partial charge in [0.2, 0.25) is 5.91 Å². The lowest BCUT2D eigenvalue weighted by Gasteiger charge is -2.32. The van der Waals surface area contributed by atoms with Gasteiger partial charge in [-0.3, -0.25) is 4.79 Å². The Balaban J connectivity index is 1.62. The molecule has 1 amide bonds. The van der Waals surface area contributed by atoms with E-state index in [2.05, 4.69) is 43.2 Å². The molecule has 0 atom stereocenters. The topological polar surface area (TPSA) is 77.0 Å². The van der Waals surface area contributed by atoms with Crippen molar-refractivity contribution in [1.82, 2.24) is 15.0 Å². The number of thioether (sulfide) groups is 1. The number of aryl methyl sites for hydroxylation is 1. The summed E-state index contributed by atoms with van der Waals surface area (Å²) in [5.41, 5.74) is 3.84. The minimum absolute atomic E-state index is 0.105. The second-order valence-electron chi connectivity index (χ2n) is 7.55. The minimum Gasteiger partial charge on any atom is -0.370 e. The van der Waals surface area contributed by atoms with Gasteiger partial charge in [0.25, 0.3) is 0 Å². The number of carbonyl (C=O) groups is 1. The number of carbonyl (C=O) groups excluding carboxylic acids is 1. The summed E-state index contributed by atoms with van der Waals surface area (Å²) in [5, 5.41) is 6.05. The van der Waals surface area contributed by atoms with Gasteiger partial charge in [-0.1, -0.05) is 35.5 Å². The maximum Gasteiger partial charge on any atom is 0.236 e. The predicted molar refractivity (Wildman–Crippen MR) is 116 cm³/mol. The first kappa shape index (κ1) is 20.0. The lowest BCUT2D eigenvalue weighted by molar-refractivity contribution is -0.113. The van der Waals surface area contributed by atoms with Crippen LogP contribution >= 0.6 is 23.1 Å². The highest BCUT2D eigenvalue weighted by atomic mass is 32.2. The highest BCUT2D eigenvalue weighted by molar-refractivity contribution is 8.00. The van der Waals surface area contributed by atoms with E-state index in [0.29, 0.717) is 24.0 Å². The van der Waals surface area contributed by atoms with Crippen molar-refractivity contribution >= 4 is 34.1 Å². The Morgan fingerprint density at radius 1 is 1.34 bits per heavy atom. The summed E-state index contributed by atoms with van der Waals surface area (Å²) < 4.78 is 5.99. The van der Waals surface area contributed by atoms with E-state index in [4.69, 9.17) is 14.7 Å². The van der Waals surface area contributed by atoms with Crippen molar-refractivity contribution in [2.75, 3.05) is 11.1 Å². The molecule has 1 aliphatic rings. The van der Waals surface area contributed by atoms with Crippen LogP contribution < -0.4 is 5.32 Å². The number of aromatic nitrogens is 3. The molecule has 150 valence electrons. The summed E-state index contributed by atoms with van der Waals surface area (Å²) in [7, 11) is 0. The fourth-order valence-electron chi connectivity index (χ4n) is 3.13. The van der Waals surface area contributed by atoms with E-state index in [-0.39, 0.29) is 17.3 Å². The van der Waals surface area contributed by atoms with Crippen LogP contribution in [0.25, 0.3) is 11.4 Å². The number of benzene rings is 1. The van der Waals surface area contributed by atoms with Crippen molar-refractivity contribution in [2.45, 2.75) is 44.4 Å². The molecule has 3 aromatic rings. The fourth-order valence-corrected chi connectivity index (χ4v) is 4.51. The molecule has 1 aromatic carbocycles. The number of nitrogens with zero attached hydrogens (tertiary/aromatic N) is 3. The van der Waals surface area contributed by atoms with Gasteiger partial charge in [-0.2, -0.15) is 0 Å². The first-order valence-corrected chi connectivity index (χ1v) is 11.2. The zero-order valence-electron chi connectivity index (χ0n) is 16.6. The Kier molecular flexibility index (Phi) is 5.67. The van der Waals surface area contributed by atoms with E-state index in [1.165, 1.54) is 23.1 Å². The van der Waals surface area contributed by atoms with E-state index in [0.717, 1.165) is 27.4 Å². The van der Waals surface area contributed by atoms with E-state index in [1.54, 1.807) is 6.20 Å². The lowest BCUT2D eigenvalue weighted by atomic mass is 9.96. The van der Waals surface area contributed by atoms with Crippen LogP contribution in [0.2, 0.25) is 0 Å². The van der Waals surface area contributed by atoms with Crippen molar-refractivity contribution in [1.29, 1.82) is 0 Å². The molecule has 0 saturated carbocycles. The van der Waals surface area contributed by atoms with E-state index < -0.39 is 0 Å². The van der Waals surface area contributed by atoms with Gasteiger partial charge >= 0.3 is 0 Å². The Hall–Kier alpha value is -2.29. The molecule has 2 aromatic heterocycles. The third-order valence-electron chi connectivity index (χ3n) is 4.55. The number of rotatable bonds is 5. The first-order chi connectivity index (χ1) is 13.9. The minimum atomic E-state index is -0.268. The van der Waals surface area contributed by atoms with Gasteiger partial charge in [0.05, 0.1) is 23.7 Å². The fraction of sp³-hybridized carbons (Fsp3) is 0.333. The largest absolute Gasteiger partial charge is 0.370 e. The first-order valence-electron chi connectivity index (χ1n) is 9.32. The lowest BCUT2D eigenvalue weighted by Crippen LogP contribution is -2.33. The summed E-state index contributed by atoms with van der Waals surface area (Å²) in [6.45, 7) is 6.64. The summed E-state index contributed by atoms with van der Waals surface area (Å²) >= 11 is 2.81. The highest BCUT2D eigenvalue weighted by Gasteiger charge is 2.30. The summed E-state index contributed by atoms with van der Waals surface area (Å²) in [5.74, 6) is 0.833. The van der Waals surface area contributed by atoms with Gasteiger partial charge in [0, 0.05) is 29.1 Å². The molecule has 0 radical (unpaired) electrons. The van der Waals surface area contributed by atoms with Gasteiger partial charge in [-0.05, 0) is 26.8 Å². The number of fused-ring (bicyclic) bond motifs is 1. The SMILES string of the molecule is Cc1cccc(-c2nc3c(c(SCC(=O)Nc4nccs4)n2)COC(C)(C)C3)c1. The van der Waals surface area contributed by atoms with Gasteiger partial charge < -0.3 is 10.1 Å². The summed E-state index contributed by atoms with van der Waals surface area (Å²) in [6.07, 6.45) is 2.38. The monoisotopic (exact) mass is 426 g/mol. The third kappa shape index (κ3) is 4.83. The zero-order valence-corrected chi connectivity index (χ0v) is 18.2. The molecule has 1 aliphatic heterocycles. The van der Waals surface area contributed by atoms with Crippen LogP contribution in [-0.4, -0.2) is 32.2 Å². The van der Waals surface area contributed by atoms with Crippen LogP contribution in [0.15, 0.2) is 40.9 Å². The van der Waals surface area contributed by atoms with E-state index >= 15 is 0 Å². The Bertz CT molecular complexity index is 1040. The predicted octanol–water partition coefficient (Wildman–Crippen LogP) is 4.49. The molecule has 0 aliphatic carbocycles. The Labute approximate surface area is 178 Å². The van der Waals surface area contributed by atoms with Crippen molar-refractivity contribution in [3.8, 4) is 11.4 Å². The number of anilines is 1. The molecule has 4 rings (SSSR count). The van der Waals surface area contributed by atoms with Crippen LogP contribution in [0.1, 0.15) is 30.7 Å². The maximum absolute atomic E-state index is 12.3. The molecule has 0 spiro atoms. The smallest absolute Gasteiger partial charge is 0.236 e. The number of ether oxygens (including phenoxy) is 1. The van der Waals surface area contributed by atoms with Crippen LogP contribution in [0, 0.1) is 6.92 Å². The Morgan fingerprint density at radius 2 is 2.21 bits per heavy atom. The normalized spacial score (nSPS) is 15.0. The molecule has 0 unspecified atom stereocenters. The number of amides is 1. The van der Waals surface area contributed by atoms with Crippen LogP contribution in [-0.2, 0) is 22.6 Å². The molecule has 0 bridgehead atoms. The number of thiazole rings is 1. The second kappa shape index (κ2) is 8.22. The molecular weight excluding hydrogens is 404 g/mol. The van der Waals surface area contributed by atoms with Gasteiger partial charge in [-0.25, -0.2) is 15.0 Å². The van der Waals surface area contributed by atoms with Gasteiger partial charge in [0.15, 0.2) is 11.0 Å². The van der Waals surface area contributed by atoms with Crippen LogP contribution in [0.3, 0.4) is 0 Å². The van der Waals surface area contributed by atoms with Crippen molar-refractivity contribution < 1.29 is 9.53 Å². The van der Waals surface area contributed by atoms with Gasteiger partial charge in [-0.15, -0.1) is 11.3 Å². The van der Waals surface area contributed by atoms with E-state index in [1.807, 2.05) is 17.5 Å². The third-order valence-corrected chi connectivity index (χ3v) is 6.26. The summed E-state index contributed by atoms with van der Waals surface area (Å²) in [6, 6.07) is 8.16.